The van der Waals surface area contributed by atoms with Crippen LogP contribution in [-0.2, 0) is 4.79 Å². The second-order valence-electron chi connectivity index (χ2n) is 6.89. The number of piperidine rings is 1. The molecule has 5 heteroatoms. The van der Waals surface area contributed by atoms with Crippen molar-refractivity contribution in [3.8, 4) is 5.75 Å². The number of hydrogen-bond donors (Lipinski definition) is 2. The number of pyridine rings is 1. The molecule has 1 aromatic heterocycles. The monoisotopic (exact) mass is 317 g/mol. The first-order valence-electron chi connectivity index (χ1n) is 8.77. The average molecular weight is 317 g/mol. The number of nitrogens with zero attached hydrogens (tertiary/aromatic N) is 1. The van der Waals surface area contributed by atoms with E-state index < -0.39 is 0 Å². The highest BCUT2D eigenvalue weighted by molar-refractivity contribution is 5.79. The Hall–Kier alpha value is -1.62. The largest absolute Gasteiger partial charge is 0.492 e. The molecule has 2 heterocycles. The number of nitrogens with one attached hydrogen (secondary N) is 2. The van der Waals surface area contributed by atoms with Crippen LogP contribution in [0.5, 0.6) is 5.75 Å². The molecule has 126 valence electrons. The van der Waals surface area contributed by atoms with Crippen molar-refractivity contribution in [3.05, 3.63) is 24.0 Å². The van der Waals surface area contributed by atoms with E-state index in [1.807, 2.05) is 19.1 Å². The number of aromatic nitrogens is 1. The first-order chi connectivity index (χ1) is 11.2. The minimum Gasteiger partial charge on any atom is -0.492 e. The summed E-state index contributed by atoms with van der Waals surface area (Å²) in [6.07, 6.45) is 7.42. The van der Waals surface area contributed by atoms with E-state index >= 15 is 0 Å². The van der Waals surface area contributed by atoms with Gasteiger partial charge < -0.3 is 15.4 Å². The smallest absolute Gasteiger partial charge is 0.224 e. The third-order valence-corrected chi connectivity index (χ3v) is 4.88. The highest BCUT2D eigenvalue weighted by atomic mass is 16.5. The minimum absolute atomic E-state index is 0.0640. The van der Waals surface area contributed by atoms with Crippen molar-refractivity contribution in [3.63, 3.8) is 0 Å². The van der Waals surface area contributed by atoms with Crippen LogP contribution < -0.4 is 15.4 Å². The predicted molar refractivity (Wildman–Crippen MR) is 89.3 cm³/mol. The van der Waals surface area contributed by atoms with Gasteiger partial charge in [-0.05, 0) is 38.3 Å². The molecule has 1 aliphatic carbocycles. The van der Waals surface area contributed by atoms with E-state index in [9.17, 15) is 4.79 Å². The molecule has 1 saturated carbocycles. The van der Waals surface area contributed by atoms with Crippen molar-refractivity contribution in [2.45, 2.75) is 45.1 Å². The van der Waals surface area contributed by atoms with Crippen molar-refractivity contribution in [2.24, 2.45) is 11.8 Å². The van der Waals surface area contributed by atoms with E-state index in [0.29, 0.717) is 18.6 Å². The summed E-state index contributed by atoms with van der Waals surface area (Å²) < 4.78 is 5.83. The lowest BCUT2D eigenvalue weighted by Gasteiger charge is -2.30. The Morgan fingerprint density at radius 2 is 2.17 bits per heavy atom. The molecule has 2 aliphatic rings. The van der Waals surface area contributed by atoms with Crippen molar-refractivity contribution in [1.29, 1.82) is 0 Å². The highest BCUT2D eigenvalue weighted by Crippen LogP contribution is 2.21. The highest BCUT2D eigenvalue weighted by Gasteiger charge is 2.29. The van der Waals surface area contributed by atoms with Crippen molar-refractivity contribution in [2.75, 3.05) is 19.7 Å². The van der Waals surface area contributed by atoms with Gasteiger partial charge in [0.1, 0.15) is 5.75 Å². The Kier molecular flexibility index (Phi) is 5.49. The Bertz CT molecular complexity index is 512. The number of carbonyl (C=O) groups is 1. The molecule has 5 nitrogen and oxygen atoms in total. The molecule has 1 saturated heterocycles. The van der Waals surface area contributed by atoms with Gasteiger partial charge in [0.05, 0.1) is 18.7 Å². The molecule has 23 heavy (non-hydrogen) atoms. The summed E-state index contributed by atoms with van der Waals surface area (Å²) in [6.45, 7) is 4.28. The fourth-order valence-corrected chi connectivity index (χ4v) is 3.50. The van der Waals surface area contributed by atoms with Gasteiger partial charge in [0.25, 0.3) is 0 Å². The Morgan fingerprint density at radius 1 is 1.35 bits per heavy atom. The minimum atomic E-state index is 0.0640. The summed E-state index contributed by atoms with van der Waals surface area (Å²) in [4.78, 5) is 16.6. The summed E-state index contributed by atoms with van der Waals surface area (Å²) in [6, 6.07) is 4.30. The number of rotatable bonds is 5. The van der Waals surface area contributed by atoms with Crippen LogP contribution in [0.3, 0.4) is 0 Å². The molecule has 0 radical (unpaired) electrons. The van der Waals surface area contributed by atoms with Gasteiger partial charge in [-0.1, -0.05) is 12.8 Å². The zero-order valence-corrected chi connectivity index (χ0v) is 13.9. The lowest BCUT2D eigenvalue weighted by atomic mass is 9.90. The zero-order chi connectivity index (χ0) is 16.1. The molecule has 3 rings (SSSR count). The van der Waals surface area contributed by atoms with E-state index in [1.54, 1.807) is 6.20 Å². The molecular formula is C18H27N3O2. The number of hydrogen-bond acceptors (Lipinski definition) is 4. The Labute approximate surface area is 138 Å². The van der Waals surface area contributed by atoms with Crippen molar-refractivity contribution in [1.82, 2.24) is 15.6 Å². The van der Waals surface area contributed by atoms with E-state index in [0.717, 1.165) is 43.8 Å². The maximum atomic E-state index is 12.4. The van der Waals surface area contributed by atoms with Crippen LogP contribution in [0.2, 0.25) is 0 Å². The Balaban J connectivity index is 1.45. The second-order valence-corrected chi connectivity index (χ2v) is 6.89. The number of amides is 1. The normalized spacial score (nSPS) is 25.3. The molecular weight excluding hydrogens is 290 g/mol. The van der Waals surface area contributed by atoms with Crippen molar-refractivity contribution >= 4 is 5.91 Å². The molecule has 2 fully saturated rings. The molecule has 0 bridgehead atoms. The standard InChI is InChI=1S/C18H27N3O2/c1-13-6-7-17(11-20-13)23-12-14-8-15(10-19-9-14)18(22)21-16-4-2-3-5-16/h6-7,11,14-16,19H,2-5,8-10,12H2,1H3,(H,21,22)/t14-,15+/m0/s1. The number of carbonyl (C=O) groups excluding carboxylic acids is 1. The maximum absolute atomic E-state index is 12.4. The average Bonchev–Trinajstić information content (AvgIpc) is 3.07. The van der Waals surface area contributed by atoms with Crippen LogP contribution in [-0.4, -0.2) is 36.6 Å². The van der Waals surface area contributed by atoms with Gasteiger partial charge in [-0.3, -0.25) is 9.78 Å². The third-order valence-electron chi connectivity index (χ3n) is 4.88. The number of ether oxygens (including phenoxy) is 1. The van der Waals surface area contributed by atoms with E-state index in [2.05, 4.69) is 15.6 Å². The van der Waals surface area contributed by atoms with E-state index in [-0.39, 0.29) is 11.8 Å². The van der Waals surface area contributed by atoms with Crippen LogP contribution in [0, 0.1) is 18.8 Å². The molecule has 1 aliphatic heterocycles. The fraction of sp³-hybridized carbons (Fsp3) is 0.667. The molecule has 0 unspecified atom stereocenters. The van der Waals surface area contributed by atoms with Crippen LogP contribution in [0.15, 0.2) is 18.3 Å². The van der Waals surface area contributed by atoms with Crippen LogP contribution in [0.4, 0.5) is 0 Å². The number of aryl methyl sites for hydroxylation is 1. The molecule has 0 aromatic carbocycles. The lowest BCUT2D eigenvalue weighted by molar-refractivity contribution is -0.126. The summed E-state index contributed by atoms with van der Waals surface area (Å²) >= 11 is 0. The van der Waals surface area contributed by atoms with E-state index in [1.165, 1.54) is 12.8 Å². The Morgan fingerprint density at radius 3 is 2.91 bits per heavy atom. The summed E-state index contributed by atoms with van der Waals surface area (Å²) in [5.41, 5.74) is 0.986. The maximum Gasteiger partial charge on any atom is 0.224 e. The summed E-state index contributed by atoms with van der Waals surface area (Å²) in [7, 11) is 0. The lowest BCUT2D eigenvalue weighted by Crippen LogP contribution is -2.47. The second kappa shape index (κ2) is 7.77. The third kappa shape index (κ3) is 4.67. The van der Waals surface area contributed by atoms with Gasteiger partial charge in [0, 0.05) is 30.7 Å². The molecule has 0 spiro atoms. The molecule has 1 amide bonds. The molecule has 2 atom stereocenters. The van der Waals surface area contributed by atoms with Crippen LogP contribution >= 0.6 is 0 Å². The van der Waals surface area contributed by atoms with Gasteiger partial charge >= 0.3 is 0 Å². The van der Waals surface area contributed by atoms with Crippen molar-refractivity contribution < 1.29 is 9.53 Å². The van der Waals surface area contributed by atoms with Gasteiger partial charge in [-0.2, -0.15) is 0 Å². The van der Waals surface area contributed by atoms with Crippen LogP contribution in [0.1, 0.15) is 37.8 Å². The predicted octanol–water partition coefficient (Wildman–Crippen LogP) is 2.05. The van der Waals surface area contributed by atoms with Gasteiger partial charge in [0.2, 0.25) is 5.91 Å². The SMILES string of the molecule is Cc1ccc(OC[C@@H]2CNC[C@H](C(=O)NC3CCCC3)C2)cn1. The van der Waals surface area contributed by atoms with Gasteiger partial charge in [0.15, 0.2) is 0 Å². The first-order valence-corrected chi connectivity index (χ1v) is 8.77. The summed E-state index contributed by atoms with van der Waals surface area (Å²) in [5, 5.41) is 6.60. The fourth-order valence-electron chi connectivity index (χ4n) is 3.50. The van der Waals surface area contributed by atoms with E-state index in [4.69, 9.17) is 4.74 Å². The zero-order valence-electron chi connectivity index (χ0n) is 13.9. The summed E-state index contributed by atoms with van der Waals surface area (Å²) in [5.74, 6) is 1.44. The first kappa shape index (κ1) is 16.2. The molecule has 2 N–H and O–H groups in total. The molecule has 1 aromatic rings. The van der Waals surface area contributed by atoms with Crippen LogP contribution in [0.25, 0.3) is 0 Å². The van der Waals surface area contributed by atoms with Gasteiger partial charge in [-0.15, -0.1) is 0 Å². The topological polar surface area (TPSA) is 63.2 Å². The quantitative estimate of drug-likeness (QED) is 0.872. The van der Waals surface area contributed by atoms with Gasteiger partial charge in [-0.25, -0.2) is 0 Å².